The molecule has 3 heteroatoms. The van der Waals surface area contributed by atoms with Gasteiger partial charge in [-0.2, -0.15) is 0 Å². The van der Waals surface area contributed by atoms with E-state index < -0.39 is 12.1 Å². The molecule has 0 aliphatic heterocycles. The average molecular weight is 392 g/mol. The number of hydrogen-bond donors (Lipinski definition) is 0. The fourth-order valence-corrected chi connectivity index (χ4v) is 4.25. The van der Waals surface area contributed by atoms with E-state index in [1.165, 1.54) is 16.5 Å². The van der Waals surface area contributed by atoms with E-state index in [4.69, 9.17) is 4.74 Å². The summed E-state index contributed by atoms with van der Waals surface area (Å²) in [6.07, 6.45) is 0.988. The van der Waals surface area contributed by atoms with Gasteiger partial charge in [0, 0.05) is 11.1 Å². The average Bonchev–Trinajstić information content (AvgIpc) is 3.23. The highest BCUT2D eigenvalue weighted by molar-refractivity contribution is 6.12. The van der Waals surface area contributed by atoms with Crippen LogP contribution in [0.5, 0.6) is 0 Å². The number of carbonyl (C=O) groups is 2. The maximum Gasteiger partial charge on any atom is 0.339 e. The van der Waals surface area contributed by atoms with Crippen LogP contribution in [0.1, 0.15) is 43.5 Å². The van der Waals surface area contributed by atoms with Crippen molar-refractivity contribution in [1.29, 1.82) is 0 Å². The molecule has 1 aliphatic carbocycles. The summed E-state index contributed by atoms with van der Waals surface area (Å²) in [7, 11) is 0. The Balaban J connectivity index is 1.58. The summed E-state index contributed by atoms with van der Waals surface area (Å²) in [4.78, 5) is 26.5. The molecule has 0 radical (unpaired) electrons. The zero-order valence-corrected chi connectivity index (χ0v) is 16.4. The summed E-state index contributed by atoms with van der Waals surface area (Å²) >= 11 is 0. The van der Waals surface area contributed by atoms with Crippen LogP contribution in [0.25, 0.3) is 10.8 Å². The van der Waals surface area contributed by atoms with Crippen molar-refractivity contribution in [2.45, 2.75) is 18.9 Å². The first kappa shape index (κ1) is 18.3. The highest BCUT2D eigenvalue weighted by Gasteiger charge is 2.29. The predicted molar refractivity (Wildman–Crippen MR) is 117 cm³/mol. The number of esters is 1. The lowest BCUT2D eigenvalue weighted by Gasteiger charge is -2.19. The third-order valence-corrected chi connectivity index (χ3v) is 5.72. The van der Waals surface area contributed by atoms with Gasteiger partial charge in [0.1, 0.15) is 0 Å². The lowest BCUT2D eigenvalue weighted by molar-refractivity contribution is 0.0280. The second kappa shape index (κ2) is 7.60. The highest BCUT2D eigenvalue weighted by atomic mass is 16.5. The Bertz CT molecular complexity index is 1230. The zero-order chi connectivity index (χ0) is 20.5. The molecule has 0 heterocycles. The number of aryl methyl sites for hydroxylation is 2. The number of ketones is 1. The first-order valence-electron chi connectivity index (χ1n) is 10.1. The zero-order valence-electron chi connectivity index (χ0n) is 16.4. The molecule has 4 aromatic carbocycles. The molecule has 1 atom stereocenters. The number of rotatable bonds is 5. The highest BCUT2D eigenvalue weighted by Crippen LogP contribution is 2.35. The van der Waals surface area contributed by atoms with Crippen molar-refractivity contribution in [2.24, 2.45) is 0 Å². The summed E-state index contributed by atoms with van der Waals surface area (Å²) in [6, 6.07) is 28.0. The molecule has 5 rings (SSSR count). The normalized spacial score (nSPS) is 13.2. The van der Waals surface area contributed by atoms with Gasteiger partial charge in [0.2, 0.25) is 5.78 Å². The van der Waals surface area contributed by atoms with Crippen LogP contribution in [0.2, 0.25) is 0 Å². The number of Topliss-reactive ketones (excluding diaryl/α,β-unsaturated/α-hetero) is 1. The molecule has 0 fully saturated rings. The molecule has 4 aromatic rings. The Morgan fingerprint density at radius 3 is 2.10 bits per heavy atom. The fraction of sp³-hybridized carbons (Fsp3) is 0.111. The molecule has 0 N–H and O–H groups in total. The topological polar surface area (TPSA) is 43.4 Å². The molecule has 3 nitrogen and oxygen atoms in total. The van der Waals surface area contributed by atoms with Gasteiger partial charge in [-0.05, 0) is 46.9 Å². The molecule has 0 aromatic heterocycles. The largest absolute Gasteiger partial charge is 0.445 e. The Morgan fingerprint density at radius 1 is 0.700 bits per heavy atom. The molecule has 146 valence electrons. The van der Waals surface area contributed by atoms with Gasteiger partial charge in [-0.15, -0.1) is 0 Å². The minimum Gasteiger partial charge on any atom is -0.445 e. The molecular formula is C27H20O3. The quantitative estimate of drug-likeness (QED) is 0.322. The molecule has 0 unspecified atom stereocenters. The Hall–Kier alpha value is -3.72. The van der Waals surface area contributed by atoms with E-state index in [0.29, 0.717) is 16.7 Å². The monoisotopic (exact) mass is 392 g/mol. The maximum atomic E-state index is 13.7. The van der Waals surface area contributed by atoms with Crippen molar-refractivity contribution in [3.63, 3.8) is 0 Å². The standard InChI is InChI=1S/C27H20O3/c28-25(23-17-16-19-15-14-18-12-7-13-22(23)24(18)19)26(20-8-3-1-4-9-20)30-27(29)21-10-5-2-6-11-21/h1-13,16-17,26H,14-15H2/t26-/m1/s1. The molecule has 30 heavy (non-hydrogen) atoms. The van der Waals surface area contributed by atoms with Gasteiger partial charge < -0.3 is 4.74 Å². The van der Waals surface area contributed by atoms with Crippen LogP contribution in [-0.2, 0) is 17.6 Å². The van der Waals surface area contributed by atoms with Gasteiger partial charge in [-0.1, -0.05) is 78.9 Å². The lowest BCUT2D eigenvalue weighted by Crippen LogP contribution is -2.20. The minimum atomic E-state index is -1.00. The molecule has 0 bridgehead atoms. The number of benzene rings is 4. The molecule has 0 saturated heterocycles. The third kappa shape index (κ3) is 3.18. The van der Waals surface area contributed by atoms with Crippen molar-refractivity contribution in [2.75, 3.05) is 0 Å². The first-order valence-corrected chi connectivity index (χ1v) is 10.1. The van der Waals surface area contributed by atoms with Crippen LogP contribution in [0, 0.1) is 0 Å². The Labute approximate surface area is 174 Å². The van der Waals surface area contributed by atoms with E-state index in [1.807, 2.05) is 60.7 Å². The van der Waals surface area contributed by atoms with Gasteiger partial charge in [-0.3, -0.25) is 4.79 Å². The fourth-order valence-electron chi connectivity index (χ4n) is 4.25. The number of carbonyl (C=O) groups excluding carboxylic acids is 2. The van der Waals surface area contributed by atoms with Crippen molar-refractivity contribution in [3.05, 3.63) is 119 Å². The summed E-state index contributed by atoms with van der Waals surface area (Å²) in [5.41, 5.74) is 4.22. The maximum absolute atomic E-state index is 13.7. The molecule has 0 spiro atoms. The summed E-state index contributed by atoms with van der Waals surface area (Å²) in [6.45, 7) is 0. The minimum absolute atomic E-state index is 0.207. The van der Waals surface area contributed by atoms with E-state index in [9.17, 15) is 9.59 Å². The van der Waals surface area contributed by atoms with Crippen LogP contribution in [0.15, 0.2) is 91.0 Å². The predicted octanol–water partition coefficient (Wildman–Crippen LogP) is 5.72. The van der Waals surface area contributed by atoms with Gasteiger partial charge in [0.05, 0.1) is 5.56 Å². The van der Waals surface area contributed by atoms with Crippen LogP contribution in [0.3, 0.4) is 0 Å². The van der Waals surface area contributed by atoms with Crippen molar-refractivity contribution < 1.29 is 14.3 Å². The SMILES string of the molecule is O=C(O[C@@H](C(=O)c1ccc2c3c(cccc13)CC2)c1ccccc1)c1ccccc1. The smallest absolute Gasteiger partial charge is 0.339 e. The molecular weight excluding hydrogens is 372 g/mol. The van der Waals surface area contributed by atoms with Crippen molar-refractivity contribution in [3.8, 4) is 0 Å². The van der Waals surface area contributed by atoms with Crippen LogP contribution in [-0.4, -0.2) is 11.8 Å². The van der Waals surface area contributed by atoms with E-state index in [2.05, 4.69) is 6.07 Å². The molecule has 1 aliphatic rings. The van der Waals surface area contributed by atoms with E-state index >= 15 is 0 Å². The Morgan fingerprint density at radius 2 is 1.37 bits per heavy atom. The Kier molecular flexibility index (Phi) is 4.64. The van der Waals surface area contributed by atoms with Crippen molar-refractivity contribution >= 4 is 22.5 Å². The first-order chi connectivity index (χ1) is 14.7. The molecule has 0 saturated carbocycles. The third-order valence-electron chi connectivity index (χ3n) is 5.72. The van der Waals surface area contributed by atoms with Crippen LogP contribution in [0.4, 0.5) is 0 Å². The van der Waals surface area contributed by atoms with E-state index in [1.54, 1.807) is 24.3 Å². The summed E-state index contributed by atoms with van der Waals surface area (Å²) < 4.78 is 5.78. The number of hydrogen-bond acceptors (Lipinski definition) is 3. The van der Waals surface area contributed by atoms with Gasteiger partial charge >= 0.3 is 5.97 Å². The van der Waals surface area contributed by atoms with Gasteiger partial charge in [0.15, 0.2) is 6.10 Å². The summed E-state index contributed by atoms with van der Waals surface area (Å²) in [5.74, 6) is -0.718. The van der Waals surface area contributed by atoms with Gasteiger partial charge in [-0.25, -0.2) is 4.79 Å². The van der Waals surface area contributed by atoms with Gasteiger partial charge in [0.25, 0.3) is 0 Å². The van der Waals surface area contributed by atoms with Crippen LogP contribution < -0.4 is 0 Å². The lowest BCUT2D eigenvalue weighted by atomic mass is 9.93. The second-order valence-electron chi connectivity index (χ2n) is 7.54. The molecule has 0 amide bonds. The van der Waals surface area contributed by atoms with E-state index in [0.717, 1.165) is 18.2 Å². The van der Waals surface area contributed by atoms with Crippen molar-refractivity contribution in [1.82, 2.24) is 0 Å². The second-order valence-corrected chi connectivity index (χ2v) is 7.54. The summed E-state index contributed by atoms with van der Waals surface area (Å²) in [5, 5.41) is 2.11. The van der Waals surface area contributed by atoms with E-state index in [-0.39, 0.29) is 5.78 Å². The van der Waals surface area contributed by atoms with Crippen LogP contribution >= 0.6 is 0 Å². The number of ether oxygens (including phenoxy) is 1.